The highest BCUT2D eigenvalue weighted by Crippen LogP contribution is 2.20. The van der Waals surface area contributed by atoms with Gasteiger partial charge in [-0.2, -0.15) is 0 Å². The third-order valence-electron chi connectivity index (χ3n) is 2.93. The summed E-state index contributed by atoms with van der Waals surface area (Å²) in [5, 5.41) is 8.70. The first-order chi connectivity index (χ1) is 11.2. The molecule has 0 saturated carbocycles. The van der Waals surface area contributed by atoms with Crippen molar-refractivity contribution in [3.63, 3.8) is 0 Å². The molecule has 2 rings (SSSR count). The van der Waals surface area contributed by atoms with Crippen LogP contribution < -0.4 is 4.74 Å². The van der Waals surface area contributed by atoms with Gasteiger partial charge in [0.1, 0.15) is 6.61 Å². The van der Waals surface area contributed by atoms with Crippen molar-refractivity contribution in [1.82, 2.24) is 14.8 Å². The number of ether oxygens (including phenoxy) is 2. The molecule has 1 heterocycles. The highest BCUT2D eigenvalue weighted by molar-refractivity contribution is 7.99. The van der Waals surface area contributed by atoms with Crippen LogP contribution in [0.3, 0.4) is 0 Å². The third kappa shape index (κ3) is 4.69. The Morgan fingerprint density at radius 3 is 2.78 bits per heavy atom. The maximum absolute atomic E-state index is 13.5. The summed E-state index contributed by atoms with van der Waals surface area (Å²) in [5.41, 5.74) is 0. The average Bonchev–Trinajstić information content (AvgIpc) is 2.94. The highest BCUT2D eigenvalue weighted by Gasteiger charge is 2.14. The van der Waals surface area contributed by atoms with E-state index in [4.69, 9.17) is 9.47 Å². The predicted octanol–water partition coefficient (Wildman–Crippen LogP) is 2.67. The summed E-state index contributed by atoms with van der Waals surface area (Å²) < 4.78 is 25.7. The molecule has 124 valence electrons. The van der Waals surface area contributed by atoms with Crippen LogP contribution in [-0.2, 0) is 22.7 Å². The maximum atomic E-state index is 13.5. The molecule has 0 amide bonds. The van der Waals surface area contributed by atoms with Gasteiger partial charge < -0.3 is 14.0 Å². The van der Waals surface area contributed by atoms with E-state index in [0.717, 1.165) is 0 Å². The molecule has 6 nitrogen and oxygen atoms in total. The molecule has 0 N–H and O–H groups in total. The molecular weight excluding hydrogens is 321 g/mol. The predicted molar refractivity (Wildman–Crippen MR) is 83.8 cm³/mol. The lowest BCUT2D eigenvalue weighted by molar-refractivity contribution is -0.139. The van der Waals surface area contributed by atoms with E-state index in [9.17, 15) is 9.18 Å². The van der Waals surface area contributed by atoms with Crippen LogP contribution in [-0.4, -0.2) is 33.1 Å². The van der Waals surface area contributed by atoms with Crippen molar-refractivity contribution in [3.8, 4) is 5.75 Å². The topological polar surface area (TPSA) is 66.2 Å². The van der Waals surface area contributed by atoms with Crippen molar-refractivity contribution in [3.05, 3.63) is 35.9 Å². The lowest BCUT2D eigenvalue weighted by Crippen LogP contribution is -2.10. The first-order valence-electron chi connectivity index (χ1n) is 7.23. The normalized spacial score (nSPS) is 10.6. The fourth-order valence-electron chi connectivity index (χ4n) is 1.88. The summed E-state index contributed by atoms with van der Waals surface area (Å²) >= 11 is 1.25. The van der Waals surface area contributed by atoms with Crippen molar-refractivity contribution in [2.75, 3.05) is 12.4 Å². The molecule has 0 spiro atoms. The molecule has 23 heavy (non-hydrogen) atoms. The van der Waals surface area contributed by atoms with Crippen LogP contribution in [0.4, 0.5) is 4.39 Å². The van der Waals surface area contributed by atoms with E-state index in [1.165, 1.54) is 17.8 Å². The second kappa shape index (κ2) is 8.52. The highest BCUT2D eigenvalue weighted by atomic mass is 32.2. The standard InChI is InChI=1S/C15H18FN3O3S/c1-3-19-13(9-22-12-8-6-5-7-11(12)16)17-18-15(19)23-10-14(20)21-4-2/h5-8H,3-4,9-10H2,1-2H3. The smallest absolute Gasteiger partial charge is 0.316 e. The Morgan fingerprint density at radius 1 is 1.30 bits per heavy atom. The number of nitrogens with zero attached hydrogens (tertiary/aromatic N) is 3. The van der Waals surface area contributed by atoms with Gasteiger partial charge in [0.15, 0.2) is 22.5 Å². The number of rotatable bonds is 8. The number of carbonyl (C=O) groups excluding carboxylic acids is 1. The Kier molecular flexibility index (Phi) is 6.40. The van der Waals surface area contributed by atoms with Gasteiger partial charge in [0.25, 0.3) is 0 Å². The number of para-hydroxylation sites is 1. The Hall–Kier alpha value is -2.09. The zero-order valence-corrected chi connectivity index (χ0v) is 13.8. The molecule has 2 aromatic rings. The fourth-order valence-corrected chi connectivity index (χ4v) is 2.70. The molecule has 8 heteroatoms. The quantitative estimate of drug-likeness (QED) is 0.544. The number of benzene rings is 1. The number of halogens is 1. The lowest BCUT2D eigenvalue weighted by Gasteiger charge is -2.09. The zero-order chi connectivity index (χ0) is 16.7. The van der Waals surface area contributed by atoms with Crippen LogP contribution in [0.2, 0.25) is 0 Å². The van der Waals surface area contributed by atoms with Crippen LogP contribution in [0.1, 0.15) is 19.7 Å². The first-order valence-corrected chi connectivity index (χ1v) is 8.22. The van der Waals surface area contributed by atoms with Crippen LogP contribution >= 0.6 is 11.8 Å². The SMILES string of the molecule is CCOC(=O)CSc1nnc(COc2ccccc2F)n1CC. The van der Waals surface area contributed by atoms with Gasteiger partial charge in [0, 0.05) is 6.54 Å². The Labute approximate surface area is 138 Å². The van der Waals surface area contributed by atoms with Crippen molar-refractivity contribution >= 4 is 17.7 Å². The zero-order valence-electron chi connectivity index (χ0n) is 13.0. The molecule has 0 bridgehead atoms. The minimum absolute atomic E-state index is 0.0989. The summed E-state index contributed by atoms with van der Waals surface area (Å²) in [4.78, 5) is 11.4. The molecule has 1 aromatic heterocycles. The molecule has 1 aromatic carbocycles. The van der Waals surface area contributed by atoms with Gasteiger partial charge in [-0.05, 0) is 26.0 Å². The van der Waals surface area contributed by atoms with E-state index < -0.39 is 5.82 Å². The lowest BCUT2D eigenvalue weighted by atomic mass is 10.3. The monoisotopic (exact) mass is 339 g/mol. The summed E-state index contributed by atoms with van der Waals surface area (Å²) in [7, 11) is 0. The Morgan fingerprint density at radius 2 is 2.09 bits per heavy atom. The van der Waals surface area contributed by atoms with E-state index in [0.29, 0.717) is 24.1 Å². The summed E-state index contributed by atoms with van der Waals surface area (Å²) in [6.45, 7) is 4.76. The molecule has 0 atom stereocenters. The van der Waals surface area contributed by atoms with Gasteiger partial charge in [-0.1, -0.05) is 23.9 Å². The second-order valence-corrected chi connectivity index (χ2v) is 5.40. The number of hydrogen-bond acceptors (Lipinski definition) is 6. The fraction of sp³-hybridized carbons (Fsp3) is 0.400. The van der Waals surface area contributed by atoms with Crippen LogP contribution in [0, 0.1) is 5.82 Å². The molecule has 0 radical (unpaired) electrons. The van der Waals surface area contributed by atoms with Crippen LogP contribution in [0.15, 0.2) is 29.4 Å². The van der Waals surface area contributed by atoms with E-state index in [1.54, 1.807) is 25.1 Å². The molecule has 0 aliphatic carbocycles. The third-order valence-corrected chi connectivity index (χ3v) is 3.87. The Bertz CT molecular complexity index is 663. The van der Waals surface area contributed by atoms with E-state index in [2.05, 4.69) is 10.2 Å². The summed E-state index contributed by atoms with van der Waals surface area (Å²) in [6, 6.07) is 6.18. The van der Waals surface area contributed by atoms with Crippen molar-refractivity contribution in [2.45, 2.75) is 32.2 Å². The summed E-state index contributed by atoms with van der Waals surface area (Å²) in [6.07, 6.45) is 0. The largest absolute Gasteiger partial charge is 0.483 e. The molecule has 0 saturated heterocycles. The molecule has 0 unspecified atom stereocenters. The minimum atomic E-state index is -0.424. The number of esters is 1. The van der Waals surface area contributed by atoms with E-state index >= 15 is 0 Å². The van der Waals surface area contributed by atoms with Gasteiger partial charge in [0.05, 0.1) is 12.4 Å². The van der Waals surface area contributed by atoms with Gasteiger partial charge in [-0.3, -0.25) is 4.79 Å². The first kappa shape index (κ1) is 17.3. The van der Waals surface area contributed by atoms with Crippen LogP contribution in [0.25, 0.3) is 0 Å². The molecule has 0 aliphatic heterocycles. The van der Waals surface area contributed by atoms with Crippen molar-refractivity contribution < 1.29 is 18.7 Å². The molecular formula is C15H18FN3O3S. The van der Waals surface area contributed by atoms with Crippen LogP contribution in [0.5, 0.6) is 5.75 Å². The number of carbonyl (C=O) groups is 1. The number of aromatic nitrogens is 3. The minimum Gasteiger partial charge on any atom is -0.483 e. The molecule has 0 fully saturated rings. The maximum Gasteiger partial charge on any atom is 0.316 e. The Balaban J connectivity index is 2.00. The van der Waals surface area contributed by atoms with Gasteiger partial charge in [0.2, 0.25) is 0 Å². The van der Waals surface area contributed by atoms with Crippen molar-refractivity contribution in [1.29, 1.82) is 0 Å². The van der Waals surface area contributed by atoms with E-state index in [-0.39, 0.29) is 24.1 Å². The van der Waals surface area contributed by atoms with Gasteiger partial charge in [-0.25, -0.2) is 4.39 Å². The van der Waals surface area contributed by atoms with Gasteiger partial charge in [-0.15, -0.1) is 10.2 Å². The van der Waals surface area contributed by atoms with Gasteiger partial charge >= 0.3 is 5.97 Å². The average molecular weight is 339 g/mol. The second-order valence-electron chi connectivity index (χ2n) is 4.46. The number of thioether (sulfide) groups is 1. The summed E-state index contributed by atoms with van der Waals surface area (Å²) in [5.74, 6) is 0.181. The molecule has 0 aliphatic rings. The van der Waals surface area contributed by atoms with Crippen molar-refractivity contribution in [2.24, 2.45) is 0 Å². The van der Waals surface area contributed by atoms with E-state index in [1.807, 2.05) is 11.5 Å². The number of hydrogen-bond donors (Lipinski definition) is 0.